The van der Waals surface area contributed by atoms with Gasteiger partial charge in [-0.05, 0) is 67.8 Å². The highest BCUT2D eigenvalue weighted by Gasteiger charge is 2.73. The van der Waals surface area contributed by atoms with Crippen LogP contribution in [0.4, 0.5) is 4.39 Å². The van der Waals surface area contributed by atoms with Crippen molar-refractivity contribution in [3.05, 3.63) is 58.8 Å². The van der Waals surface area contributed by atoms with Gasteiger partial charge in [0.15, 0.2) is 17.6 Å². The Morgan fingerprint density at radius 2 is 2.00 bits per heavy atom. The number of ether oxygens (including phenoxy) is 1. The summed E-state index contributed by atoms with van der Waals surface area (Å²) in [6.45, 7) is 2.19. The quantitative estimate of drug-likeness (QED) is 0.575. The number of phenols is 1. The van der Waals surface area contributed by atoms with Gasteiger partial charge in [-0.2, -0.15) is 0 Å². The van der Waals surface area contributed by atoms with Crippen molar-refractivity contribution >= 4 is 10.9 Å². The largest absolute Gasteiger partial charge is 0.504 e. The Bertz CT molecular complexity index is 1380. The van der Waals surface area contributed by atoms with Crippen LogP contribution in [0.1, 0.15) is 54.2 Å². The summed E-state index contributed by atoms with van der Waals surface area (Å²) < 4.78 is 22.3. The van der Waals surface area contributed by atoms with Gasteiger partial charge in [0, 0.05) is 42.0 Å². The number of para-hydroxylation sites is 1. The molecule has 2 N–H and O–H groups in total. The van der Waals surface area contributed by atoms with Gasteiger partial charge in [-0.25, -0.2) is 0 Å². The van der Waals surface area contributed by atoms with Gasteiger partial charge in [-0.15, -0.1) is 0 Å². The maximum atomic E-state index is 13.4. The summed E-state index contributed by atoms with van der Waals surface area (Å²) in [6, 6.07) is 12.1. The van der Waals surface area contributed by atoms with Crippen LogP contribution >= 0.6 is 0 Å². The highest BCUT2D eigenvalue weighted by molar-refractivity contribution is 5.87. The van der Waals surface area contributed by atoms with Crippen LogP contribution in [0.2, 0.25) is 0 Å². The first-order chi connectivity index (χ1) is 17.1. The summed E-state index contributed by atoms with van der Waals surface area (Å²) in [5.41, 5.74) is 3.93. The number of phenolic OH excluding ortho intramolecular Hbond substituents is 1. The fraction of sp³-hybridized carbons (Fsp3) is 0.517. The molecule has 1 spiro atoms. The number of aliphatic hydroxyl groups is 1. The number of fused-ring (bicyclic) bond motifs is 4. The molecule has 182 valence electrons. The number of aryl methyl sites for hydroxylation is 1. The normalized spacial score (nSPS) is 32.4. The minimum Gasteiger partial charge on any atom is -0.504 e. The number of piperidine rings is 1. The molecule has 0 amide bonds. The highest BCUT2D eigenvalue weighted by Crippen LogP contribution is 2.69. The monoisotopic (exact) mass is 474 g/mol. The zero-order valence-electron chi connectivity index (χ0n) is 19.8. The zero-order chi connectivity index (χ0) is 23.5. The molecule has 4 atom stereocenters. The molecule has 8 rings (SSSR count). The number of halogens is 1. The Labute approximate surface area is 204 Å². The molecule has 2 unspecified atom stereocenters. The fourth-order valence-electron chi connectivity index (χ4n) is 8.26. The summed E-state index contributed by atoms with van der Waals surface area (Å²) >= 11 is 0. The van der Waals surface area contributed by atoms with E-state index in [2.05, 4.69) is 21.6 Å². The van der Waals surface area contributed by atoms with Crippen LogP contribution in [0.5, 0.6) is 11.5 Å². The number of likely N-dealkylation sites (tertiary alicyclic amines) is 1. The summed E-state index contributed by atoms with van der Waals surface area (Å²) in [7, 11) is 0. The molecule has 2 bridgehead atoms. The summed E-state index contributed by atoms with van der Waals surface area (Å²) in [5, 5.41) is 25.0. The molecule has 2 aliphatic heterocycles. The third kappa shape index (κ3) is 2.40. The topological polar surface area (TPSA) is 57.9 Å². The van der Waals surface area contributed by atoms with E-state index in [4.69, 9.17) is 4.74 Å². The molecule has 6 heteroatoms. The van der Waals surface area contributed by atoms with Gasteiger partial charge in [-0.1, -0.05) is 24.3 Å². The van der Waals surface area contributed by atoms with Crippen LogP contribution in [0.3, 0.4) is 0 Å². The second-order valence-electron chi connectivity index (χ2n) is 11.5. The lowest BCUT2D eigenvalue weighted by Gasteiger charge is -2.63. The van der Waals surface area contributed by atoms with Gasteiger partial charge in [0.05, 0.1) is 23.4 Å². The maximum absolute atomic E-state index is 13.4. The van der Waals surface area contributed by atoms with Gasteiger partial charge in [0.2, 0.25) is 0 Å². The van der Waals surface area contributed by atoms with Gasteiger partial charge < -0.3 is 19.5 Å². The maximum Gasteiger partial charge on any atom is 0.166 e. The Hall–Kier alpha value is -2.57. The Morgan fingerprint density at radius 1 is 1.14 bits per heavy atom. The fourth-order valence-corrected chi connectivity index (χ4v) is 8.26. The molecule has 35 heavy (non-hydrogen) atoms. The van der Waals surface area contributed by atoms with Crippen molar-refractivity contribution in [3.63, 3.8) is 0 Å². The van der Waals surface area contributed by atoms with Gasteiger partial charge in [0.1, 0.15) is 0 Å². The van der Waals surface area contributed by atoms with Crippen molar-refractivity contribution in [2.45, 2.75) is 68.2 Å². The van der Waals surface area contributed by atoms with E-state index in [1.807, 2.05) is 18.2 Å². The molecule has 2 aromatic carbocycles. The third-order valence-electron chi connectivity index (χ3n) is 9.84. The summed E-state index contributed by atoms with van der Waals surface area (Å²) in [5.74, 6) is 1.46. The van der Waals surface area contributed by atoms with E-state index < -0.39 is 17.1 Å². The van der Waals surface area contributed by atoms with Crippen molar-refractivity contribution in [2.75, 3.05) is 19.8 Å². The molecular weight excluding hydrogens is 443 g/mol. The number of hydrogen-bond donors (Lipinski definition) is 2. The molecule has 3 aromatic rings. The number of nitrogens with zero attached hydrogens (tertiary/aromatic N) is 2. The van der Waals surface area contributed by atoms with Crippen molar-refractivity contribution in [1.82, 2.24) is 9.47 Å². The lowest BCUT2D eigenvalue weighted by atomic mass is 9.49. The Morgan fingerprint density at radius 3 is 2.83 bits per heavy atom. The SMILES string of the molecule is Oc1ccc2c3c1O[C@H]1c4c(c5ccccc5n4CCCF)C[C@@]4(O)C(C2)N(CC2CC2)CCC314. The molecule has 3 heterocycles. The molecule has 1 saturated heterocycles. The molecule has 2 fully saturated rings. The second-order valence-corrected chi connectivity index (χ2v) is 11.5. The van der Waals surface area contributed by atoms with E-state index in [9.17, 15) is 14.6 Å². The molecule has 5 aliphatic rings. The first-order valence-electron chi connectivity index (χ1n) is 13.2. The van der Waals surface area contributed by atoms with Gasteiger partial charge in [0.25, 0.3) is 0 Å². The van der Waals surface area contributed by atoms with Gasteiger partial charge in [-0.3, -0.25) is 9.29 Å². The minimum absolute atomic E-state index is 0.0204. The van der Waals surface area contributed by atoms with E-state index in [-0.39, 0.29) is 18.5 Å². The predicted octanol–water partition coefficient (Wildman–Crippen LogP) is 4.41. The van der Waals surface area contributed by atoms with Crippen LogP contribution in [0.15, 0.2) is 36.4 Å². The van der Waals surface area contributed by atoms with E-state index in [1.54, 1.807) is 6.07 Å². The number of aromatic nitrogens is 1. The number of alkyl halides is 1. The van der Waals surface area contributed by atoms with Crippen LogP contribution in [-0.4, -0.2) is 51.1 Å². The molecule has 5 nitrogen and oxygen atoms in total. The van der Waals surface area contributed by atoms with E-state index in [1.165, 1.54) is 18.4 Å². The van der Waals surface area contributed by atoms with Crippen LogP contribution in [0.25, 0.3) is 10.9 Å². The first-order valence-corrected chi connectivity index (χ1v) is 13.2. The lowest BCUT2D eigenvalue weighted by molar-refractivity contribution is -0.173. The molecule has 1 aromatic heterocycles. The van der Waals surface area contributed by atoms with Crippen LogP contribution < -0.4 is 4.74 Å². The Kier molecular flexibility index (Phi) is 4.00. The lowest BCUT2D eigenvalue weighted by Crippen LogP contribution is -2.74. The van der Waals surface area contributed by atoms with E-state index in [0.29, 0.717) is 25.1 Å². The standard InChI is InChI=1S/C29H31FN2O3/c30-11-3-12-32-21-5-2-1-4-19(21)20-15-29(34)23-14-18-8-9-22(33)26-24(18)28(29,27(35-26)25(20)32)10-13-31(23)16-17-6-7-17/h1-2,4-5,8-9,17,23,27,33-34H,3,6-7,10-16H2/t23?,27-,28?,29+/m0/s1. The smallest absolute Gasteiger partial charge is 0.166 e. The van der Waals surface area contributed by atoms with Crippen molar-refractivity contribution in [3.8, 4) is 11.5 Å². The molecule has 1 saturated carbocycles. The third-order valence-corrected chi connectivity index (χ3v) is 9.84. The molecular formula is C29H31FN2O3. The molecule has 3 aliphatic carbocycles. The number of aromatic hydroxyl groups is 1. The van der Waals surface area contributed by atoms with Crippen molar-refractivity contribution < 1.29 is 19.3 Å². The average Bonchev–Trinajstić information content (AvgIpc) is 3.53. The molecule has 0 radical (unpaired) electrons. The summed E-state index contributed by atoms with van der Waals surface area (Å²) in [4.78, 5) is 2.56. The summed E-state index contributed by atoms with van der Waals surface area (Å²) in [6.07, 6.45) is 4.77. The van der Waals surface area contributed by atoms with Crippen molar-refractivity contribution in [1.29, 1.82) is 0 Å². The average molecular weight is 475 g/mol. The first kappa shape index (κ1) is 20.6. The van der Waals surface area contributed by atoms with Crippen LogP contribution in [0, 0.1) is 5.92 Å². The van der Waals surface area contributed by atoms with E-state index >= 15 is 0 Å². The number of rotatable bonds is 5. The predicted molar refractivity (Wildman–Crippen MR) is 131 cm³/mol. The van der Waals surface area contributed by atoms with E-state index in [0.717, 1.165) is 59.6 Å². The highest BCUT2D eigenvalue weighted by atomic mass is 19.1. The number of hydrogen-bond acceptors (Lipinski definition) is 4. The van der Waals surface area contributed by atoms with Crippen LogP contribution in [-0.2, 0) is 24.8 Å². The van der Waals surface area contributed by atoms with Gasteiger partial charge >= 0.3 is 0 Å². The zero-order valence-corrected chi connectivity index (χ0v) is 19.8. The second kappa shape index (κ2) is 6.80. The Balaban J connectivity index is 1.41. The number of benzene rings is 2. The minimum atomic E-state index is -0.987. The van der Waals surface area contributed by atoms with Crippen molar-refractivity contribution in [2.24, 2.45) is 5.92 Å².